The Morgan fingerprint density at radius 2 is 2.00 bits per heavy atom. The van der Waals surface area contributed by atoms with Crippen molar-refractivity contribution in [3.63, 3.8) is 0 Å². The topological polar surface area (TPSA) is 29.3 Å². The van der Waals surface area contributed by atoms with Crippen molar-refractivity contribution in [2.75, 3.05) is 18.5 Å². The van der Waals surface area contributed by atoms with Crippen molar-refractivity contribution < 1.29 is 13.2 Å². The molecule has 0 spiro atoms. The molecule has 1 aromatic rings. The van der Waals surface area contributed by atoms with E-state index in [-0.39, 0.29) is 11.7 Å². The summed E-state index contributed by atoms with van der Waals surface area (Å²) in [6.45, 7) is 1.45. The number of hydrogen-bond acceptors (Lipinski definition) is 2. The van der Waals surface area contributed by atoms with Crippen LogP contribution >= 0.6 is 0 Å². The molecule has 5 heteroatoms. The van der Waals surface area contributed by atoms with Crippen LogP contribution in [0, 0.1) is 5.82 Å². The summed E-state index contributed by atoms with van der Waals surface area (Å²) in [5.41, 5.74) is 6.73. The molecule has 0 fully saturated rings. The molecule has 0 saturated heterocycles. The average molecular weight is 260 g/mol. The Labute approximate surface area is 106 Å². The van der Waals surface area contributed by atoms with Gasteiger partial charge in [-0.2, -0.15) is 0 Å². The lowest BCUT2D eigenvalue weighted by molar-refractivity contribution is 0.156. The molecule has 0 saturated carbocycles. The smallest absolute Gasteiger partial charge is 0.255 e. The average Bonchev–Trinajstić information content (AvgIpc) is 2.27. The van der Waals surface area contributed by atoms with E-state index in [2.05, 4.69) is 0 Å². The molecule has 1 rings (SSSR count). The molecule has 0 radical (unpaired) electrons. The van der Waals surface area contributed by atoms with Crippen LogP contribution < -0.4 is 10.6 Å². The van der Waals surface area contributed by atoms with E-state index >= 15 is 0 Å². The lowest BCUT2D eigenvalue weighted by atomic mass is 10.0. The van der Waals surface area contributed by atoms with Crippen molar-refractivity contribution >= 4 is 5.69 Å². The molecule has 18 heavy (non-hydrogen) atoms. The van der Waals surface area contributed by atoms with E-state index in [0.717, 1.165) is 6.42 Å². The minimum atomic E-state index is -2.50. The number of anilines is 1. The minimum absolute atomic E-state index is 0.0921. The van der Waals surface area contributed by atoms with E-state index < -0.39 is 18.8 Å². The van der Waals surface area contributed by atoms with Crippen LogP contribution in [0.5, 0.6) is 0 Å². The van der Waals surface area contributed by atoms with Crippen molar-refractivity contribution in [3.05, 3.63) is 29.6 Å². The molecule has 2 nitrogen and oxygen atoms in total. The number of rotatable bonds is 6. The van der Waals surface area contributed by atoms with Gasteiger partial charge in [0.15, 0.2) is 0 Å². The number of para-hydroxylation sites is 1. The highest BCUT2D eigenvalue weighted by Crippen LogP contribution is 2.25. The Bertz CT molecular complexity index is 382. The molecule has 0 bridgehead atoms. The van der Waals surface area contributed by atoms with E-state index in [1.807, 2.05) is 6.92 Å². The zero-order valence-corrected chi connectivity index (χ0v) is 10.7. The molecule has 0 heterocycles. The molecular formula is C13H19F3N2. The SMILES string of the molecule is CCC(N)Cc1cccc(F)c1N(C)CC(F)F. The Morgan fingerprint density at radius 3 is 2.56 bits per heavy atom. The molecule has 0 aliphatic rings. The second-order valence-corrected chi connectivity index (χ2v) is 4.39. The molecule has 1 unspecified atom stereocenters. The molecule has 2 N–H and O–H groups in total. The third-order valence-corrected chi connectivity index (χ3v) is 2.87. The fraction of sp³-hybridized carbons (Fsp3) is 0.538. The van der Waals surface area contributed by atoms with Gasteiger partial charge >= 0.3 is 0 Å². The lowest BCUT2D eigenvalue weighted by Gasteiger charge is -2.23. The van der Waals surface area contributed by atoms with Gasteiger partial charge in [0.05, 0.1) is 12.2 Å². The Morgan fingerprint density at radius 1 is 1.33 bits per heavy atom. The molecule has 0 aromatic heterocycles. The maximum Gasteiger partial charge on any atom is 0.255 e. The number of nitrogens with two attached hydrogens (primary N) is 1. The van der Waals surface area contributed by atoms with Crippen LogP contribution in [0.2, 0.25) is 0 Å². The molecule has 1 atom stereocenters. The van der Waals surface area contributed by atoms with E-state index in [0.29, 0.717) is 12.0 Å². The third-order valence-electron chi connectivity index (χ3n) is 2.87. The van der Waals surface area contributed by atoms with Gasteiger partial charge in [0.25, 0.3) is 6.43 Å². The zero-order valence-electron chi connectivity index (χ0n) is 10.7. The van der Waals surface area contributed by atoms with Gasteiger partial charge < -0.3 is 10.6 Å². The van der Waals surface area contributed by atoms with E-state index in [1.165, 1.54) is 18.0 Å². The van der Waals surface area contributed by atoms with Crippen molar-refractivity contribution in [1.29, 1.82) is 0 Å². The number of nitrogens with zero attached hydrogens (tertiary/aromatic N) is 1. The van der Waals surface area contributed by atoms with Crippen molar-refractivity contribution in [2.45, 2.75) is 32.2 Å². The van der Waals surface area contributed by atoms with Crippen LogP contribution in [0.25, 0.3) is 0 Å². The molecule has 1 aromatic carbocycles. The zero-order chi connectivity index (χ0) is 13.7. The van der Waals surface area contributed by atoms with E-state index in [1.54, 1.807) is 12.1 Å². The largest absolute Gasteiger partial charge is 0.366 e. The highest BCUT2D eigenvalue weighted by Gasteiger charge is 2.17. The first kappa shape index (κ1) is 14.8. The molecule has 102 valence electrons. The van der Waals surface area contributed by atoms with Crippen LogP contribution in [-0.4, -0.2) is 26.1 Å². The van der Waals surface area contributed by atoms with Crippen LogP contribution in [0.1, 0.15) is 18.9 Å². The Hall–Kier alpha value is -1.23. The fourth-order valence-electron chi connectivity index (χ4n) is 1.88. The predicted molar refractivity (Wildman–Crippen MR) is 67.6 cm³/mol. The van der Waals surface area contributed by atoms with Gasteiger partial charge in [-0.1, -0.05) is 19.1 Å². The predicted octanol–water partition coefficient (Wildman–Crippen LogP) is 2.81. The quantitative estimate of drug-likeness (QED) is 0.852. The second-order valence-electron chi connectivity index (χ2n) is 4.39. The van der Waals surface area contributed by atoms with Gasteiger partial charge in [-0.3, -0.25) is 0 Å². The second kappa shape index (κ2) is 6.64. The normalized spacial score (nSPS) is 12.8. The Kier molecular flexibility index (Phi) is 5.47. The first-order chi connectivity index (χ1) is 8.45. The summed E-state index contributed by atoms with van der Waals surface area (Å²) < 4.78 is 38.5. The van der Waals surface area contributed by atoms with Gasteiger partial charge in [0, 0.05) is 13.1 Å². The summed E-state index contributed by atoms with van der Waals surface area (Å²) in [6, 6.07) is 4.49. The van der Waals surface area contributed by atoms with Gasteiger partial charge in [0.1, 0.15) is 5.82 Å². The van der Waals surface area contributed by atoms with Gasteiger partial charge in [-0.05, 0) is 24.5 Å². The monoisotopic (exact) mass is 260 g/mol. The molecule has 0 amide bonds. The number of benzene rings is 1. The van der Waals surface area contributed by atoms with Gasteiger partial charge in [-0.15, -0.1) is 0 Å². The number of alkyl halides is 2. The first-order valence-electron chi connectivity index (χ1n) is 5.98. The van der Waals surface area contributed by atoms with Crippen LogP contribution in [0.4, 0.5) is 18.9 Å². The molecule has 0 aliphatic carbocycles. The van der Waals surface area contributed by atoms with E-state index in [4.69, 9.17) is 5.73 Å². The lowest BCUT2D eigenvalue weighted by Crippen LogP contribution is -2.28. The number of halogens is 3. The standard InChI is InChI=1S/C13H19F3N2/c1-3-10(17)7-9-5-4-6-11(14)13(9)18(2)8-12(15)16/h4-6,10,12H,3,7-8,17H2,1-2H3. The van der Waals surface area contributed by atoms with E-state index in [9.17, 15) is 13.2 Å². The summed E-state index contributed by atoms with van der Waals surface area (Å²) in [4.78, 5) is 1.25. The van der Waals surface area contributed by atoms with Crippen LogP contribution in [0.3, 0.4) is 0 Å². The van der Waals surface area contributed by atoms with Crippen molar-refractivity contribution in [1.82, 2.24) is 0 Å². The summed E-state index contributed by atoms with van der Waals surface area (Å²) in [5.74, 6) is -0.487. The maximum absolute atomic E-state index is 13.8. The van der Waals surface area contributed by atoms with Crippen molar-refractivity contribution in [2.24, 2.45) is 5.73 Å². The molecule has 0 aliphatic heterocycles. The fourth-order valence-corrected chi connectivity index (χ4v) is 1.88. The van der Waals surface area contributed by atoms with Crippen LogP contribution in [0.15, 0.2) is 18.2 Å². The third kappa shape index (κ3) is 3.91. The molecular weight excluding hydrogens is 241 g/mol. The highest BCUT2D eigenvalue weighted by atomic mass is 19.3. The maximum atomic E-state index is 13.8. The summed E-state index contributed by atoms with van der Waals surface area (Å²) in [6.07, 6.45) is -1.26. The van der Waals surface area contributed by atoms with Crippen LogP contribution in [-0.2, 0) is 6.42 Å². The summed E-state index contributed by atoms with van der Waals surface area (Å²) >= 11 is 0. The summed E-state index contributed by atoms with van der Waals surface area (Å²) in [7, 11) is 1.46. The summed E-state index contributed by atoms with van der Waals surface area (Å²) in [5, 5.41) is 0. The van der Waals surface area contributed by atoms with Crippen molar-refractivity contribution in [3.8, 4) is 0 Å². The number of hydrogen-bond donors (Lipinski definition) is 1. The van der Waals surface area contributed by atoms with Gasteiger partial charge in [-0.25, -0.2) is 13.2 Å². The minimum Gasteiger partial charge on any atom is -0.366 e. The van der Waals surface area contributed by atoms with Gasteiger partial charge in [0.2, 0.25) is 0 Å². The Balaban J connectivity index is 3.00. The highest BCUT2D eigenvalue weighted by molar-refractivity contribution is 5.54. The first-order valence-corrected chi connectivity index (χ1v) is 5.98.